The Morgan fingerprint density at radius 1 is 1.10 bits per heavy atom. The van der Waals surface area contributed by atoms with Crippen LogP contribution in [0.2, 0.25) is 10.0 Å². The Morgan fingerprint density at radius 3 is 2.20 bits per heavy atom. The van der Waals surface area contributed by atoms with Crippen molar-refractivity contribution in [3.8, 4) is 11.5 Å². The molecule has 0 aromatic heterocycles. The van der Waals surface area contributed by atoms with Crippen LogP contribution in [0.5, 0.6) is 11.5 Å². The standard InChI is InChI=1S/C6H4Cl2O2/c7-4-1-3(9)2-5(10)6(4)8/h1-2,9-10H. The maximum absolute atomic E-state index is 8.90. The summed E-state index contributed by atoms with van der Waals surface area (Å²) in [5.74, 6) is -0.321. The number of hydrogen-bond donors (Lipinski definition) is 2. The Labute approximate surface area is 67.6 Å². The van der Waals surface area contributed by atoms with Gasteiger partial charge in [-0.1, -0.05) is 23.2 Å². The summed E-state index contributed by atoms with van der Waals surface area (Å²) in [5.41, 5.74) is 0. The third-order valence-corrected chi connectivity index (χ3v) is 1.79. The molecule has 0 atom stereocenters. The minimum atomic E-state index is -0.216. The molecule has 0 radical (unpaired) electrons. The lowest BCUT2D eigenvalue weighted by Crippen LogP contribution is -1.70. The quantitative estimate of drug-likeness (QED) is 0.641. The molecule has 0 heterocycles. The van der Waals surface area contributed by atoms with Gasteiger partial charge in [0.2, 0.25) is 0 Å². The normalized spacial score (nSPS) is 9.80. The molecule has 0 aliphatic heterocycles. The van der Waals surface area contributed by atoms with Crippen LogP contribution < -0.4 is 0 Å². The molecule has 2 N–H and O–H groups in total. The number of rotatable bonds is 0. The highest BCUT2D eigenvalue weighted by Crippen LogP contribution is 2.34. The van der Waals surface area contributed by atoms with Crippen LogP contribution in [0, 0.1) is 0 Å². The predicted octanol–water partition coefficient (Wildman–Crippen LogP) is 2.40. The molecule has 0 fully saturated rings. The van der Waals surface area contributed by atoms with Crippen molar-refractivity contribution in [2.75, 3.05) is 0 Å². The number of phenols is 2. The molecular weight excluding hydrogens is 175 g/mol. The summed E-state index contributed by atoms with van der Waals surface area (Å²) >= 11 is 10.9. The van der Waals surface area contributed by atoms with Gasteiger partial charge < -0.3 is 10.2 Å². The van der Waals surface area contributed by atoms with Gasteiger partial charge in [-0.15, -0.1) is 0 Å². The van der Waals surface area contributed by atoms with Gasteiger partial charge in [-0.2, -0.15) is 0 Å². The van der Waals surface area contributed by atoms with E-state index >= 15 is 0 Å². The van der Waals surface area contributed by atoms with Crippen molar-refractivity contribution >= 4 is 23.2 Å². The molecule has 0 unspecified atom stereocenters. The SMILES string of the molecule is Oc1cc(O)c(Cl)c(Cl)c1. The number of phenolic OH excluding ortho intramolecular Hbond substituents is 2. The fraction of sp³-hybridized carbons (Fsp3) is 0. The minimum absolute atomic E-state index is 0.0551. The third-order valence-electron chi connectivity index (χ3n) is 0.994. The Bertz CT molecular complexity index is 237. The molecule has 0 aliphatic carbocycles. The van der Waals surface area contributed by atoms with Crippen molar-refractivity contribution in [2.24, 2.45) is 0 Å². The molecule has 1 rings (SSSR count). The topological polar surface area (TPSA) is 40.5 Å². The van der Waals surface area contributed by atoms with Gasteiger partial charge in [0.15, 0.2) is 0 Å². The monoisotopic (exact) mass is 178 g/mol. The second-order valence-electron chi connectivity index (χ2n) is 1.76. The first kappa shape index (κ1) is 7.51. The van der Waals surface area contributed by atoms with Gasteiger partial charge in [0.05, 0.1) is 5.02 Å². The molecule has 54 valence electrons. The number of aromatic hydroxyl groups is 2. The van der Waals surface area contributed by atoms with Gasteiger partial charge in [-0.3, -0.25) is 0 Å². The van der Waals surface area contributed by atoms with Gasteiger partial charge in [0.25, 0.3) is 0 Å². The van der Waals surface area contributed by atoms with E-state index in [-0.39, 0.29) is 21.5 Å². The van der Waals surface area contributed by atoms with Crippen LogP contribution >= 0.6 is 23.2 Å². The summed E-state index contributed by atoms with van der Waals surface area (Å²) in [7, 11) is 0. The Balaban J connectivity index is 3.31. The van der Waals surface area contributed by atoms with Crippen molar-refractivity contribution in [3.05, 3.63) is 22.2 Å². The molecule has 1 aromatic carbocycles. The average Bonchev–Trinajstić information content (AvgIpc) is 1.82. The predicted molar refractivity (Wildman–Crippen MR) is 39.8 cm³/mol. The second kappa shape index (κ2) is 2.56. The Hall–Kier alpha value is -0.600. The second-order valence-corrected chi connectivity index (χ2v) is 2.55. The molecule has 0 saturated heterocycles. The maximum atomic E-state index is 8.90. The average molecular weight is 179 g/mol. The van der Waals surface area contributed by atoms with E-state index in [1.54, 1.807) is 0 Å². The summed E-state index contributed by atoms with van der Waals surface area (Å²) in [5, 5.41) is 17.9. The van der Waals surface area contributed by atoms with Crippen LogP contribution in [0.1, 0.15) is 0 Å². The van der Waals surface area contributed by atoms with E-state index in [4.69, 9.17) is 33.4 Å². The van der Waals surface area contributed by atoms with E-state index in [0.717, 1.165) is 6.07 Å². The van der Waals surface area contributed by atoms with E-state index in [2.05, 4.69) is 0 Å². The molecule has 4 heteroatoms. The molecule has 1 aromatic rings. The fourth-order valence-electron chi connectivity index (χ4n) is 0.561. The van der Waals surface area contributed by atoms with Crippen LogP contribution in [0.3, 0.4) is 0 Å². The lowest BCUT2D eigenvalue weighted by Gasteiger charge is -1.98. The number of benzene rings is 1. The van der Waals surface area contributed by atoms with Gasteiger partial charge in [0, 0.05) is 12.1 Å². The Morgan fingerprint density at radius 2 is 1.70 bits per heavy atom. The van der Waals surface area contributed by atoms with E-state index in [9.17, 15) is 0 Å². The van der Waals surface area contributed by atoms with Crippen LogP contribution in [0.25, 0.3) is 0 Å². The maximum Gasteiger partial charge on any atom is 0.139 e. The van der Waals surface area contributed by atoms with Crippen molar-refractivity contribution in [3.63, 3.8) is 0 Å². The fourth-order valence-corrected chi connectivity index (χ4v) is 0.878. The number of halogens is 2. The highest BCUT2D eigenvalue weighted by molar-refractivity contribution is 6.43. The van der Waals surface area contributed by atoms with Gasteiger partial charge in [-0.05, 0) is 0 Å². The van der Waals surface area contributed by atoms with E-state index < -0.39 is 0 Å². The third kappa shape index (κ3) is 1.28. The first-order chi connectivity index (χ1) is 4.61. The highest BCUT2D eigenvalue weighted by Gasteiger charge is 2.04. The van der Waals surface area contributed by atoms with Crippen molar-refractivity contribution < 1.29 is 10.2 Å². The summed E-state index contributed by atoms with van der Waals surface area (Å²) in [6.07, 6.45) is 0. The van der Waals surface area contributed by atoms with Crippen molar-refractivity contribution in [2.45, 2.75) is 0 Å². The zero-order valence-electron chi connectivity index (χ0n) is 4.81. The summed E-state index contributed by atoms with van der Waals surface area (Å²) in [4.78, 5) is 0. The van der Waals surface area contributed by atoms with Crippen LogP contribution in [0.4, 0.5) is 0 Å². The lowest BCUT2D eigenvalue weighted by atomic mass is 10.3. The highest BCUT2D eigenvalue weighted by atomic mass is 35.5. The number of hydrogen-bond acceptors (Lipinski definition) is 2. The molecule has 0 amide bonds. The smallest absolute Gasteiger partial charge is 0.139 e. The molecule has 0 saturated carbocycles. The summed E-state index contributed by atoms with van der Waals surface area (Å²) in [6, 6.07) is 2.37. The zero-order chi connectivity index (χ0) is 7.72. The summed E-state index contributed by atoms with van der Waals surface area (Å²) < 4.78 is 0. The molecule has 0 spiro atoms. The van der Waals surface area contributed by atoms with Crippen LogP contribution in [-0.2, 0) is 0 Å². The minimum Gasteiger partial charge on any atom is -0.508 e. The first-order valence-electron chi connectivity index (χ1n) is 2.48. The summed E-state index contributed by atoms with van der Waals surface area (Å²) in [6.45, 7) is 0. The molecular formula is C6H4Cl2O2. The molecule has 0 bridgehead atoms. The van der Waals surface area contributed by atoms with E-state index in [1.165, 1.54) is 6.07 Å². The lowest BCUT2D eigenvalue weighted by molar-refractivity contribution is 0.451. The van der Waals surface area contributed by atoms with Crippen molar-refractivity contribution in [1.29, 1.82) is 0 Å². The Kier molecular flexibility index (Phi) is 1.92. The first-order valence-corrected chi connectivity index (χ1v) is 3.24. The van der Waals surface area contributed by atoms with Gasteiger partial charge >= 0.3 is 0 Å². The zero-order valence-corrected chi connectivity index (χ0v) is 6.32. The largest absolute Gasteiger partial charge is 0.508 e. The van der Waals surface area contributed by atoms with Crippen molar-refractivity contribution in [1.82, 2.24) is 0 Å². The van der Waals surface area contributed by atoms with Gasteiger partial charge in [-0.25, -0.2) is 0 Å². The molecule has 10 heavy (non-hydrogen) atoms. The van der Waals surface area contributed by atoms with E-state index in [0.29, 0.717) is 0 Å². The van der Waals surface area contributed by atoms with E-state index in [1.807, 2.05) is 0 Å². The van der Waals surface area contributed by atoms with Crippen LogP contribution in [0.15, 0.2) is 12.1 Å². The van der Waals surface area contributed by atoms with Gasteiger partial charge in [0.1, 0.15) is 16.5 Å². The molecule has 2 nitrogen and oxygen atoms in total. The molecule has 0 aliphatic rings. The van der Waals surface area contributed by atoms with Crippen LogP contribution in [-0.4, -0.2) is 10.2 Å².